The monoisotopic (exact) mass is 457 g/mol. The van der Waals surface area contributed by atoms with Crippen LogP contribution in [0.5, 0.6) is 0 Å². The number of sulfonamides is 1. The summed E-state index contributed by atoms with van der Waals surface area (Å²) in [6, 6.07) is 16.9. The first-order valence-corrected chi connectivity index (χ1v) is 11.2. The minimum atomic E-state index is -3.58. The highest BCUT2D eigenvalue weighted by atomic mass is 79.9. The van der Waals surface area contributed by atoms with E-state index in [0.29, 0.717) is 24.4 Å². The van der Waals surface area contributed by atoms with Crippen molar-refractivity contribution in [3.05, 3.63) is 93.9 Å². The van der Waals surface area contributed by atoms with Crippen molar-refractivity contribution >= 4 is 31.5 Å². The van der Waals surface area contributed by atoms with Crippen LogP contribution in [-0.2, 0) is 23.0 Å². The number of nitrogens with zero attached hydrogens (tertiary/aromatic N) is 1. The molecule has 0 aliphatic carbocycles. The highest BCUT2D eigenvalue weighted by Gasteiger charge is 2.32. The van der Waals surface area contributed by atoms with Gasteiger partial charge in [0.2, 0.25) is 10.0 Å². The molecule has 0 amide bonds. The molecule has 1 aliphatic rings. The van der Waals surface area contributed by atoms with Crippen LogP contribution in [0.2, 0.25) is 0 Å². The zero-order valence-corrected chi connectivity index (χ0v) is 17.8. The number of hydrogen-bond donors (Lipinski definition) is 0. The second kappa shape index (κ2) is 7.70. The number of aryl methyl sites for hydroxylation is 1. The average molecular weight is 458 g/mol. The maximum atomic E-state index is 13.2. The zero-order chi connectivity index (χ0) is 19.7. The largest absolute Gasteiger partial charge is 0.464 e. The van der Waals surface area contributed by atoms with Crippen LogP contribution < -0.4 is 0 Å². The van der Waals surface area contributed by atoms with Gasteiger partial charge >= 0.3 is 0 Å². The lowest BCUT2D eigenvalue weighted by molar-refractivity contribution is 0.420. The molecule has 144 valence electrons. The molecule has 0 fully saturated rings. The first kappa shape index (κ1) is 19.2. The normalized spacial score (nSPS) is 16.3. The maximum Gasteiger partial charge on any atom is 0.243 e. The van der Waals surface area contributed by atoms with E-state index >= 15 is 0 Å². The Morgan fingerprint density at radius 3 is 2.46 bits per heavy atom. The molecule has 0 N–H and O–H groups in total. The number of benzene rings is 2. The summed E-state index contributed by atoms with van der Waals surface area (Å²) in [4.78, 5) is 0.317. The zero-order valence-electron chi connectivity index (χ0n) is 15.4. The van der Waals surface area contributed by atoms with Gasteiger partial charge in [0.25, 0.3) is 0 Å². The van der Waals surface area contributed by atoms with Gasteiger partial charge in [0.05, 0.1) is 11.2 Å². The van der Waals surface area contributed by atoms with Gasteiger partial charge in [-0.25, -0.2) is 8.42 Å². The Hall–Kier alpha value is -2.15. The van der Waals surface area contributed by atoms with Crippen LogP contribution in [0.4, 0.5) is 0 Å². The molecule has 2 aromatic carbocycles. The lowest BCUT2D eigenvalue weighted by Gasteiger charge is -2.27. The molecular formula is C22H20BrNO3S. The van der Waals surface area contributed by atoms with Gasteiger partial charge in [-0.1, -0.05) is 51.8 Å². The summed E-state index contributed by atoms with van der Waals surface area (Å²) in [6.45, 7) is 2.56. The van der Waals surface area contributed by atoms with E-state index in [9.17, 15) is 8.42 Å². The van der Waals surface area contributed by atoms with Crippen molar-refractivity contribution in [2.75, 3.05) is 6.54 Å². The molecule has 4 rings (SSSR count). The van der Waals surface area contributed by atoms with Crippen LogP contribution >= 0.6 is 15.9 Å². The molecule has 1 aromatic heterocycles. The topological polar surface area (TPSA) is 50.5 Å². The van der Waals surface area contributed by atoms with E-state index < -0.39 is 10.0 Å². The second-order valence-electron chi connectivity index (χ2n) is 6.92. The number of furan rings is 1. The summed E-state index contributed by atoms with van der Waals surface area (Å²) in [6.07, 6.45) is 4.39. The Kier molecular flexibility index (Phi) is 5.27. The summed E-state index contributed by atoms with van der Waals surface area (Å²) < 4.78 is 34.5. The van der Waals surface area contributed by atoms with Crippen LogP contribution in [-0.4, -0.2) is 19.3 Å². The molecule has 1 aliphatic heterocycles. The highest BCUT2D eigenvalue weighted by molar-refractivity contribution is 9.10. The van der Waals surface area contributed by atoms with Crippen molar-refractivity contribution in [1.29, 1.82) is 0 Å². The van der Waals surface area contributed by atoms with Crippen LogP contribution in [0.25, 0.3) is 5.57 Å². The van der Waals surface area contributed by atoms with Crippen molar-refractivity contribution in [1.82, 2.24) is 4.31 Å². The first-order valence-electron chi connectivity index (χ1n) is 9.00. The minimum Gasteiger partial charge on any atom is -0.464 e. The lowest BCUT2D eigenvalue weighted by atomic mass is 10.0. The molecule has 0 spiro atoms. The molecular weight excluding hydrogens is 438 g/mol. The average Bonchev–Trinajstić information content (AvgIpc) is 3.16. The third-order valence-corrected chi connectivity index (χ3v) is 7.22. The first-order chi connectivity index (χ1) is 13.4. The predicted molar refractivity (Wildman–Crippen MR) is 113 cm³/mol. The van der Waals surface area contributed by atoms with E-state index in [1.165, 1.54) is 4.31 Å². The fourth-order valence-corrected chi connectivity index (χ4v) is 4.96. The van der Waals surface area contributed by atoms with Gasteiger partial charge in [0, 0.05) is 28.7 Å². The van der Waals surface area contributed by atoms with Crippen LogP contribution in [0.1, 0.15) is 22.5 Å². The van der Waals surface area contributed by atoms with Gasteiger partial charge in [-0.05, 0) is 49.2 Å². The van der Waals surface area contributed by atoms with Crippen molar-refractivity contribution in [2.24, 2.45) is 0 Å². The van der Waals surface area contributed by atoms with Gasteiger partial charge in [0.1, 0.15) is 5.76 Å². The Bertz CT molecular complexity index is 1110. The number of rotatable bonds is 4. The fraction of sp³-hybridized carbons (Fsp3) is 0.182. The van der Waals surface area contributed by atoms with Gasteiger partial charge < -0.3 is 4.42 Å². The number of halogens is 1. The van der Waals surface area contributed by atoms with Crippen molar-refractivity contribution < 1.29 is 12.8 Å². The molecule has 0 radical (unpaired) electrons. The molecule has 3 aromatic rings. The van der Waals surface area contributed by atoms with Gasteiger partial charge in [0.15, 0.2) is 0 Å². The number of hydrogen-bond acceptors (Lipinski definition) is 3. The molecule has 0 bridgehead atoms. The molecule has 2 heterocycles. The molecule has 4 nitrogen and oxygen atoms in total. The Morgan fingerprint density at radius 2 is 1.75 bits per heavy atom. The van der Waals surface area contributed by atoms with E-state index in [4.69, 9.17) is 4.42 Å². The SMILES string of the molecule is Cc1ccc(S(=O)(=O)N2C/C(=C/Cc3ccc(Br)cc3)c3occc3C2)cc1. The summed E-state index contributed by atoms with van der Waals surface area (Å²) in [7, 11) is -3.58. The fourth-order valence-electron chi connectivity index (χ4n) is 3.30. The maximum absolute atomic E-state index is 13.2. The van der Waals surface area contributed by atoms with Gasteiger partial charge in [-0.2, -0.15) is 4.31 Å². The van der Waals surface area contributed by atoms with Crippen LogP contribution in [0, 0.1) is 6.92 Å². The lowest BCUT2D eigenvalue weighted by Crippen LogP contribution is -2.35. The van der Waals surface area contributed by atoms with Crippen molar-refractivity contribution in [3.8, 4) is 0 Å². The molecule has 6 heteroatoms. The predicted octanol–water partition coefficient (Wildman–Crippen LogP) is 5.18. The van der Waals surface area contributed by atoms with Crippen LogP contribution in [0.15, 0.2) is 80.7 Å². The van der Waals surface area contributed by atoms with Gasteiger partial charge in [-0.3, -0.25) is 0 Å². The molecule has 0 saturated heterocycles. The van der Waals surface area contributed by atoms with E-state index in [2.05, 4.69) is 22.0 Å². The summed E-state index contributed by atoms with van der Waals surface area (Å²) in [5.41, 5.74) is 3.97. The van der Waals surface area contributed by atoms with E-state index in [1.54, 1.807) is 18.4 Å². The number of allylic oxidation sites excluding steroid dienone is 1. The van der Waals surface area contributed by atoms with E-state index in [-0.39, 0.29) is 0 Å². The molecule has 0 unspecified atom stereocenters. The standard InChI is InChI=1S/C22H20BrNO3S/c1-16-2-10-21(11-3-16)28(25,26)24-14-18(22-19(15-24)12-13-27-22)7-4-17-5-8-20(23)9-6-17/h2-3,5-13H,4,14-15H2,1H3/b18-7-. The van der Waals surface area contributed by atoms with E-state index in [1.807, 2.05) is 49.4 Å². The Labute approximate surface area is 173 Å². The van der Waals surface area contributed by atoms with Crippen LogP contribution in [0.3, 0.4) is 0 Å². The molecule has 0 saturated carbocycles. The second-order valence-corrected chi connectivity index (χ2v) is 9.77. The van der Waals surface area contributed by atoms with E-state index in [0.717, 1.165) is 32.5 Å². The summed E-state index contributed by atoms with van der Waals surface area (Å²) in [5, 5.41) is 0. The minimum absolute atomic E-state index is 0.299. The summed E-state index contributed by atoms with van der Waals surface area (Å²) >= 11 is 3.44. The summed E-state index contributed by atoms with van der Waals surface area (Å²) in [5.74, 6) is 0.785. The third-order valence-electron chi connectivity index (χ3n) is 4.89. The smallest absolute Gasteiger partial charge is 0.243 e. The van der Waals surface area contributed by atoms with Crippen molar-refractivity contribution in [2.45, 2.75) is 24.8 Å². The molecule has 28 heavy (non-hydrogen) atoms. The van der Waals surface area contributed by atoms with Crippen molar-refractivity contribution in [3.63, 3.8) is 0 Å². The Balaban J connectivity index is 1.64. The quantitative estimate of drug-likeness (QED) is 0.541. The highest BCUT2D eigenvalue weighted by Crippen LogP contribution is 2.32. The Morgan fingerprint density at radius 1 is 1.04 bits per heavy atom. The number of fused-ring (bicyclic) bond motifs is 1. The molecule has 0 atom stereocenters. The van der Waals surface area contributed by atoms with Gasteiger partial charge in [-0.15, -0.1) is 0 Å². The third kappa shape index (κ3) is 3.85.